The molecule has 6 heteroatoms. The molecule has 1 atom stereocenters. The van der Waals surface area contributed by atoms with E-state index in [-0.39, 0.29) is 36.5 Å². The van der Waals surface area contributed by atoms with E-state index in [0.717, 1.165) is 31.4 Å². The number of aliphatic carboxylic acids is 1. The molecule has 2 aliphatic rings. The Bertz CT molecular complexity index is 693. The van der Waals surface area contributed by atoms with Gasteiger partial charge in [-0.2, -0.15) is 0 Å². The number of likely N-dealkylation sites (tertiary alicyclic amines) is 1. The molecule has 6 nitrogen and oxygen atoms in total. The zero-order chi connectivity index (χ0) is 19.4. The summed E-state index contributed by atoms with van der Waals surface area (Å²) in [6, 6.07) is 8.03. The van der Waals surface area contributed by atoms with Crippen LogP contribution in [0.2, 0.25) is 0 Å². The first-order valence-corrected chi connectivity index (χ1v) is 9.87. The molecule has 0 spiro atoms. The third-order valence-corrected chi connectivity index (χ3v) is 5.65. The first-order valence-electron chi connectivity index (χ1n) is 9.87. The quantitative estimate of drug-likeness (QED) is 0.833. The summed E-state index contributed by atoms with van der Waals surface area (Å²) in [4.78, 5) is 39.6. The lowest BCUT2D eigenvalue weighted by Crippen LogP contribution is -2.42. The number of carbonyl (C=O) groups excluding carboxylic acids is 2. The summed E-state index contributed by atoms with van der Waals surface area (Å²) in [5.74, 6) is -0.903. The molecule has 1 aromatic carbocycles. The van der Waals surface area contributed by atoms with E-state index in [1.165, 1.54) is 5.56 Å². The molecular formula is C21H28N2O4. The van der Waals surface area contributed by atoms with Gasteiger partial charge in [0.05, 0.1) is 5.92 Å². The van der Waals surface area contributed by atoms with Crippen molar-refractivity contribution in [2.75, 3.05) is 24.5 Å². The molecule has 146 valence electrons. The SMILES string of the molecule is CCCc1ccc(N2CC(C(=O)N3CCC(CC(=O)O)CC3)CC2=O)cc1. The van der Waals surface area contributed by atoms with Gasteiger partial charge in [-0.25, -0.2) is 0 Å². The minimum absolute atomic E-state index is 0.00245. The van der Waals surface area contributed by atoms with Crippen LogP contribution in [0, 0.1) is 11.8 Å². The Balaban J connectivity index is 1.57. The minimum atomic E-state index is -0.776. The first kappa shape index (κ1) is 19.4. The third-order valence-electron chi connectivity index (χ3n) is 5.65. The molecule has 0 aromatic heterocycles. The van der Waals surface area contributed by atoms with Gasteiger partial charge < -0.3 is 14.9 Å². The fourth-order valence-electron chi connectivity index (χ4n) is 4.12. The summed E-state index contributed by atoms with van der Waals surface area (Å²) in [7, 11) is 0. The highest BCUT2D eigenvalue weighted by molar-refractivity contribution is 6.00. The van der Waals surface area contributed by atoms with Gasteiger partial charge in [0, 0.05) is 38.2 Å². The molecule has 2 amide bonds. The largest absolute Gasteiger partial charge is 0.481 e. The van der Waals surface area contributed by atoms with E-state index in [1.807, 2.05) is 17.0 Å². The van der Waals surface area contributed by atoms with Crippen LogP contribution in [-0.2, 0) is 20.8 Å². The number of carboxylic acids is 1. The summed E-state index contributed by atoms with van der Waals surface area (Å²) in [5, 5.41) is 8.90. The predicted molar refractivity (Wildman–Crippen MR) is 102 cm³/mol. The predicted octanol–water partition coefficient (Wildman–Crippen LogP) is 2.71. The van der Waals surface area contributed by atoms with E-state index in [2.05, 4.69) is 19.1 Å². The molecular weight excluding hydrogens is 344 g/mol. The molecule has 0 bridgehead atoms. The summed E-state index contributed by atoms with van der Waals surface area (Å²) < 4.78 is 0. The van der Waals surface area contributed by atoms with Crippen molar-refractivity contribution in [1.82, 2.24) is 4.90 Å². The van der Waals surface area contributed by atoms with Crippen molar-refractivity contribution in [3.63, 3.8) is 0 Å². The fourth-order valence-corrected chi connectivity index (χ4v) is 4.12. The van der Waals surface area contributed by atoms with Crippen molar-refractivity contribution in [3.8, 4) is 0 Å². The van der Waals surface area contributed by atoms with Crippen LogP contribution < -0.4 is 4.90 Å². The Kier molecular flexibility index (Phi) is 6.14. The van der Waals surface area contributed by atoms with Crippen molar-refractivity contribution in [3.05, 3.63) is 29.8 Å². The second-order valence-corrected chi connectivity index (χ2v) is 7.69. The maximum absolute atomic E-state index is 12.8. The summed E-state index contributed by atoms with van der Waals surface area (Å²) in [6.07, 6.45) is 3.98. The number of hydrogen-bond donors (Lipinski definition) is 1. The average molecular weight is 372 g/mol. The second kappa shape index (κ2) is 8.55. The van der Waals surface area contributed by atoms with Crippen molar-refractivity contribution >= 4 is 23.5 Å². The van der Waals surface area contributed by atoms with Gasteiger partial charge >= 0.3 is 5.97 Å². The van der Waals surface area contributed by atoms with Gasteiger partial charge in [0.15, 0.2) is 0 Å². The van der Waals surface area contributed by atoms with Crippen LogP contribution in [0.15, 0.2) is 24.3 Å². The monoisotopic (exact) mass is 372 g/mol. The molecule has 1 N–H and O–H groups in total. The standard InChI is InChI=1S/C21H28N2O4/c1-2-3-15-4-6-18(7-5-15)23-14-17(13-19(23)24)21(27)22-10-8-16(9-11-22)12-20(25)26/h4-7,16-17H,2-3,8-14H2,1H3,(H,25,26). The number of rotatable bonds is 6. The average Bonchev–Trinajstić information content (AvgIpc) is 3.04. The molecule has 27 heavy (non-hydrogen) atoms. The Labute approximate surface area is 160 Å². The van der Waals surface area contributed by atoms with Crippen LogP contribution in [0.1, 0.15) is 44.6 Å². The molecule has 1 aromatic rings. The van der Waals surface area contributed by atoms with Gasteiger partial charge in [-0.15, -0.1) is 0 Å². The van der Waals surface area contributed by atoms with E-state index in [0.29, 0.717) is 19.6 Å². The maximum atomic E-state index is 12.8. The van der Waals surface area contributed by atoms with Gasteiger partial charge in [0.1, 0.15) is 0 Å². The number of piperidine rings is 1. The number of hydrogen-bond acceptors (Lipinski definition) is 3. The van der Waals surface area contributed by atoms with Crippen LogP contribution in [-0.4, -0.2) is 47.4 Å². The van der Waals surface area contributed by atoms with Gasteiger partial charge in [0.25, 0.3) is 0 Å². The van der Waals surface area contributed by atoms with Gasteiger partial charge in [-0.05, 0) is 42.9 Å². The molecule has 0 aliphatic carbocycles. The molecule has 2 saturated heterocycles. The van der Waals surface area contributed by atoms with Gasteiger partial charge in [-0.3, -0.25) is 14.4 Å². The Hall–Kier alpha value is -2.37. The highest BCUT2D eigenvalue weighted by Gasteiger charge is 2.38. The van der Waals surface area contributed by atoms with Crippen LogP contribution in [0.25, 0.3) is 0 Å². The third kappa shape index (κ3) is 4.67. The number of carboxylic acid groups (broad SMARTS) is 1. The van der Waals surface area contributed by atoms with E-state index in [4.69, 9.17) is 5.11 Å². The van der Waals surface area contributed by atoms with Crippen LogP contribution in [0.3, 0.4) is 0 Å². The Morgan fingerprint density at radius 3 is 2.41 bits per heavy atom. The molecule has 0 saturated carbocycles. The lowest BCUT2D eigenvalue weighted by Gasteiger charge is -2.33. The van der Waals surface area contributed by atoms with Crippen LogP contribution in [0.5, 0.6) is 0 Å². The molecule has 0 radical (unpaired) electrons. The number of amides is 2. The number of anilines is 1. The normalized spacial score (nSPS) is 20.9. The topological polar surface area (TPSA) is 77.9 Å². The maximum Gasteiger partial charge on any atom is 0.303 e. The van der Waals surface area contributed by atoms with Gasteiger partial charge in [0.2, 0.25) is 11.8 Å². The van der Waals surface area contributed by atoms with E-state index in [1.54, 1.807) is 4.90 Å². The summed E-state index contributed by atoms with van der Waals surface area (Å²) in [6.45, 7) is 3.75. The smallest absolute Gasteiger partial charge is 0.303 e. The molecule has 3 rings (SSSR count). The molecule has 1 unspecified atom stereocenters. The number of carbonyl (C=O) groups is 3. The second-order valence-electron chi connectivity index (χ2n) is 7.69. The molecule has 2 aliphatic heterocycles. The number of nitrogens with zero attached hydrogens (tertiary/aromatic N) is 2. The van der Waals surface area contributed by atoms with Crippen molar-refractivity contribution < 1.29 is 19.5 Å². The van der Waals surface area contributed by atoms with Crippen molar-refractivity contribution in [2.24, 2.45) is 11.8 Å². The summed E-state index contributed by atoms with van der Waals surface area (Å²) >= 11 is 0. The lowest BCUT2D eigenvalue weighted by molar-refractivity contribution is -0.139. The van der Waals surface area contributed by atoms with Gasteiger partial charge in [-0.1, -0.05) is 25.5 Å². The van der Waals surface area contributed by atoms with Crippen LogP contribution in [0.4, 0.5) is 5.69 Å². The Morgan fingerprint density at radius 1 is 1.15 bits per heavy atom. The Morgan fingerprint density at radius 2 is 1.81 bits per heavy atom. The first-order chi connectivity index (χ1) is 13.0. The minimum Gasteiger partial charge on any atom is -0.481 e. The molecule has 2 heterocycles. The van der Waals surface area contributed by atoms with E-state index < -0.39 is 5.97 Å². The number of benzene rings is 1. The van der Waals surface area contributed by atoms with E-state index in [9.17, 15) is 14.4 Å². The van der Waals surface area contributed by atoms with Crippen LogP contribution >= 0.6 is 0 Å². The lowest BCUT2D eigenvalue weighted by atomic mass is 9.92. The molecule has 2 fully saturated rings. The van der Waals surface area contributed by atoms with Crippen molar-refractivity contribution in [1.29, 1.82) is 0 Å². The van der Waals surface area contributed by atoms with E-state index >= 15 is 0 Å². The fraction of sp³-hybridized carbons (Fsp3) is 0.571. The zero-order valence-electron chi connectivity index (χ0n) is 15.9. The summed E-state index contributed by atoms with van der Waals surface area (Å²) in [5.41, 5.74) is 2.11. The highest BCUT2D eigenvalue weighted by Crippen LogP contribution is 2.28. The highest BCUT2D eigenvalue weighted by atomic mass is 16.4. The van der Waals surface area contributed by atoms with Crippen molar-refractivity contribution in [2.45, 2.75) is 45.4 Å². The number of aryl methyl sites for hydroxylation is 1. The zero-order valence-corrected chi connectivity index (χ0v) is 15.9.